The van der Waals surface area contributed by atoms with Gasteiger partial charge < -0.3 is 20.3 Å². The summed E-state index contributed by atoms with van der Waals surface area (Å²) in [5, 5.41) is 23.4. The lowest BCUT2D eigenvalue weighted by molar-refractivity contribution is -0.143. The Morgan fingerprint density at radius 2 is 0.495 bits per heavy atom. The molecule has 0 saturated carbocycles. The third-order valence-electron chi connectivity index (χ3n) is 21.0. The zero-order valence-corrected chi connectivity index (χ0v) is 64.9. The van der Waals surface area contributed by atoms with E-state index in [1.165, 1.54) is 437 Å². The molecule has 0 aliphatic carbocycles. The van der Waals surface area contributed by atoms with Gasteiger partial charge in [-0.05, 0) is 57.8 Å². The van der Waals surface area contributed by atoms with Gasteiger partial charge in [-0.1, -0.05) is 462 Å². The second-order valence-electron chi connectivity index (χ2n) is 30.6. The average molecular weight is 1340 g/mol. The van der Waals surface area contributed by atoms with Crippen molar-refractivity contribution < 1.29 is 24.5 Å². The van der Waals surface area contributed by atoms with Gasteiger partial charge in [0, 0.05) is 12.8 Å². The molecule has 0 saturated heterocycles. The van der Waals surface area contributed by atoms with Gasteiger partial charge in [0.2, 0.25) is 5.91 Å². The number of rotatable bonds is 84. The number of carbonyl (C=O) groups excluding carboxylic acids is 2. The number of unbranched alkanes of at least 4 members (excludes halogenated alkanes) is 71. The van der Waals surface area contributed by atoms with Crippen molar-refractivity contribution >= 4 is 11.9 Å². The molecule has 2 atom stereocenters. The molecular formula is C89H173NO5. The van der Waals surface area contributed by atoms with Gasteiger partial charge in [-0.2, -0.15) is 0 Å². The Balaban J connectivity index is 3.32. The Labute approximate surface area is 596 Å². The first kappa shape index (κ1) is 93.3. The fourth-order valence-corrected chi connectivity index (χ4v) is 14.3. The lowest BCUT2D eigenvalue weighted by atomic mass is 10.0. The maximum absolute atomic E-state index is 12.6. The predicted octanol–water partition coefficient (Wildman–Crippen LogP) is 29.6. The molecule has 0 aromatic carbocycles. The van der Waals surface area contributed by atoms with Gasteiger partial charge in [0.25, 0.3) is 0 Å². The van der Waals surface area contributed by atoms with Crippen molar-refractivity contribution in [2.75, 3.05) is 13.2 Å². The van der Waals surface area contributed by atoms with Crippen LogP contribution in [0, 0.1) is 0 Å². The van der Waals surface area contributed by atoms with Crippen molar-refractivity contribution in [3.8, 4) is 0 Å². The normalized spacial score (nSPS) is 12.5. The summed E-state index contributed by atoms with van der Waals surface area (Å²) in [6.07, 6.45) is 111. The van der Waals surface area contributed by atoms with Crippen LogP contribution in [0.5, 0.6) is 0 Å². The highest BCUT2D eigenvalue weighted by Gasteiger charge is 2.18. The van der Waals surface area contributed by atoms with Gasteiger partial charge >= 0.3 is 5.97 Å². The second-order valence-corrected chi connectivity index (χ2v) is 30.6. The Morgan fingerprint density at radius 3 is 0.747 bits per heavy atom. The minimum Gasteiger partial charge on any atom is -0.466 e. The number of allylic oxidation sites excluding steroid dienone is 3. The smallest absolute Gasteiger partial charge is 0.305 e. The number of aliphatic hydroxyl groups excluding tert-OH is 2. The Hall–Kier alpha value is -1.66. The Morgan fingerprint density at radius 1 is 0.284 bits per heavy atom. The molecule has 0 rings (SSSR count). The topological polar surface area (TPSA) is 95.9 Å². The van der Waals surface area contributed by atoms with E-state index in [0.29, 0.717) is 19.4 Å². The molecule has 0 heterocycles. The lowest BCUT2D eigenvalue weighted by Gasteiger charge is -2.20. The molecule has 0 bridgehead atoms. The van der Waals surface area contributed by atoms with Crippen LogP contribution in [-0.2, 0) is 14.3 Å². The van der Waals surface area contributed by atoms with Gasteiger partial charge in [0.15, 0.2) is 0 Å². The van der Waals surface area contributed by atoms with E-state index in [-0.39, 0.29) is 18.5 Å². The molecule has 0 aromatic rings. The van der Waals surface area contributed by atoms with Crippen molar-refractivity contribution in [1.82, 2.24) is 5.32 Å². The standard InChI is InChI=1S/C89H173NO5/c1-3-5-7-9-11-13-15-17-19-20-21-22-23-39-42-45-48-51-54-57-61-65-69-73-77-81-87(92)86(85-91)90-88(93)82-78-74-70-66-62-58-55-52-49-46-43-40-37-35-33-31-29-27-25-24-26-28-30-32-34-36-38-41-44-47-50-53-56-60-64-68-72-76-80-84-95-89(94)83-79-75-71-67-63-59-18-16-14-12-10-8-6-4-2/h16,18,77,81,86-87,91-92H,3-15,17,19-76,78-80,82-85H2,1-2H3,(H,90,93)/b18-16-,81-77+. The van der Waals surface area contributed by atoms with E-state index < -0.39 is 12.1 Å². The van der Waals surface area contributed by atoms with Gasteiger partial charge in [0.1, 0.15) is 0 Å². The van der Waals surface area contributed by atoms with Gasteiger partial charge in [-0.25, -0.2) is 0 Å². The summed E-state index contributed by atoms with van der Waals surface area (Å²) in [6, 6.07) is -0.625. The van der Waals surface area contributed by atoms with Crippen molar-refractivity contribution in [2.24, 2.45) is 0 Å². The largest absolute Gasteiger partial charge is 0.466 e. The third-order valence-corrected chi connectivity index (χ3v) is 21.0. The van der Waals surface area contributed by atoms with Crippen molar-refractivity contribution in [3.63, 3.8) is 0 Å². The molecule has 564 valence electrons. The molecule has 2 unspecified atom stereocenters. The zero-order valence-electron chi connectivity index (χ0n) is 64.9. The minimum atomic E-state index is -0.842. The number of esters is 1. The number of hydrogen-bond acceptors (Lipinski definition) is 5. The van der Waals surface area contributed by atoms with Crippen molar-refractivity contribution in [3.05, 3.63) is 24.3 Å². The first-order valence-electron chi connectivity index (χ1n) is 44.1. The van der Waals surface area contributed by atoms with Crippen LogP contribution >= 0.6 is 0 Å². The van der Waals surface area contributed by atoms with Crippen LogP contribution in [0.1, 0.15) is 508 Å². The van der Waals surface area contributed by atoms with Crippen molar-refractivity contribution in [2.45, 2.75) is 520 Å². The highest BCUT2D eigenvalue weighted by molar-refractivity contribution is 5.76. The lowest BCUT2D eigenvalue weighted by Crippen LogP contribution is -2.45. The van der Waals surface area contributed by atoms with Gasteiger partial charge in [0.05, 0.1) is 25.4 Å². The summed E-state index contributed by atoms with van der Waals surface area (Å²) in [7, 11) is 0. The van der Waals surface area contributed by atoms with E-state index in [2.05, 4.69) is 31.3 Å². The molecule has 0 aliphatic rings. The number of carbonyl (C=O) groups is 2. The number of ether oxygens (including phenoxy) is 1. The molecular weight excluding hydrogens is 1160 g/mol. The summed E-state index contributed by atoms with van der Waals surface area (Å²) in [5.41, 5.74) is 0. The van der Waals surface area contributed by atoms with E-state index in [1.54, 1.807) is 6.08 Å². The van der Waals surface area contributed by atoms with E-state index in [4.69, 9.17) is 4.74 Å². The van der Waals surface area contributed by atoms with Crippen molar-refractivity contribution in [1.29, 1.82) is 0 Å². The molecule has 0 radical (unpaired) electrons. The van der Waals surface area contributed by atoms with Crippen LogP contribution < -0.4 is 5.32 Å². The van der Waals surface area contributed by atoms with Crippen LogP contribution in [-0.4, -0.2) is 47.4 Å². The molecule has 0 fully saturated rings. The SMILES string of the molecule is CCCCCCC/C=C\CCCCCCCC(=O)OCCCCCCCCCCCCCCCCCCCCCCCCCCCCCCCCCCCCCCCCCC(=O)NC(CO)C(O)/C=C/CCCCCCCCCCCCCCCCCCCCCCCCC. The number of amides is 1. The number of hydrogen-bond donors (Lipinski definition) is 3. The van der Waals surface area contributed by atoms with Gasteiger partial charge in [-0.3, -0.25) is 9.59 Å². The predicted molar refractivity (Wildman–Crippen MR) is 421 cm³/mol. The molecule has 0 spiro atoms. The second kappa shape index (κ2) is 84.8. The maximum Gasteiger partial charge on any atom is 0.305 e. The minimum absolute atomic E-state index is 0.0164. The summed E-state index contributed by atoms with van der Waals surface area (Å²) in [4.78, 5) is 24.7. The summed E-state index contributed by atoms with van der Waals surface area (Å²) in [5.74, 6) is -0.0394. The van der Waals surface area contributed by atoms with Crippen LogP contribution in [0.25, 0.3) is 0 Å². The summed E-state index contributed by atoms with van der Waals surface area (Å²) < 4.78 is 5.50. The maximum atomic E-state index is 12.6. The average Bonchev–Trinajstić information content (AvgIpc) is 3.11. The molecule has 1 amide bonds. The van der Waals surface area contributed by atoms with E-state index in [0.717, 1.165) is 44.9 Å². The molecule has 95 heavy (non-hydrogen) atoms. The molecule has 0 aliphatic heterocycles. The number of nitrogens with one attached hydrogen (secondary N) is 1. The van der Waals surface area contributed by atoms with E-state index in [1.807, 2.05) is 6.08 Å². The van der Waals surface area contributed by atoms with Gasteiger partial charge in [-0.15, -0.1) is 0 Å². The van der Waals surface area contributed by atoms with E-state index in [9.17, 15) is 19.8 Å². The first-order valence-corrected chi connectivity index (χ1v) is 44.1. The monoisotopic (exact) mass is 1340 g/mol. The highest BCUT2D eigenvalue weighted by Crippen LogP contribution is 2.21. The quantitative estimate of drug-likeness (QED) is 0.0320. The molecule has 6 nitrogen and oxygen atoms in total. The van der Waals surface area contributed by atoms with Crippen LogP contribution in [0.4, 0.5) is 0 Å². The van der Waals surface area contributed by atoms with Crippen LogP contribution in [0.15, 0.2) is 24.3 Å². The molecule has 6 heteroatoms. The Bertz CT molecular complexity index is 1500. The van der Waals surface area contributed by atoms with Crippen LogP contribution in [0.3, 0.4) is 0 Å². The Kier molecular flexibility index (Phi) is 83.3. The zero-order chi connectivity index (χ0) is 68.4. The summed E-state index contributed by atoms with van der Waals surface area (Å²) in [6.45, 7) is 4.95. The molecule has 3 N–H and O–H groups in total. The fraction of sp³-hybridized carbons (Fsp3) is 0.933. The van der Waals surface area contributed by atoms with E-state index >= 15 is 0 Å². The highest BCUT2D eigenvalue weighted by atomic mass is 16.5. The van der Waals surface area contributed by atoms with Crippen LogP contribution in [0.2, 0.25) is 0 Å². The first-order chi connectivity index (χ1) is 47.0. The third kappa shape index (κ3) is 81.2. The summed E-state index contributed by atoms with van der Waals surface area (Å²) >= 11 is 0. The molecule has 0 aromatic heterocycles. The number of aliphatic hydroxyl groups is 2. The fourth-order valence-electron chi connectivity index (χ4n) is 14.3.